The van der Waals surface area contributed by atoms with E-state index in [1.165, 1.54) is 0 Å². The highest BCUT2D eigenvalue weighted by Gasteiger charge is 2.39. The van der Waals surface area contributed by atoms with Crippen molar-refractivity contribution in [2.45, 2.75) is 32.0 Å². The molecule has 8 nitrogen and oxygen atoms in total. The molecule has 2 aromatic rings. The standard InChI is InChI=1S/C20H21N5O3/c1-21-17-7-5-13(10-23-17)22-9-12-3-2-4-14-15(12)11-25(20(14)28)16-6-8-18(26)24-19(16)27/h2-5,7,10,16,22H,6,8-9,11H2,1H3,(H,21,23)(H,24,26,27). The number of hydrogen-bond acceptors (Lipinski definition) is 6. The Balaban J connectivity index is 1.50. The summed E-state index contributed by atoms with van der Waals surface area (Å²) in [6.45, 7) is 0.912. The van der Waals surface area contributed by atoms with Gasteiger partial charge in [-0.15, -0.1) is 0 Å². The molecule has 0 bridgehead atoms. The van der Waals surface area contributed by atoms with Gasteiger partial charge in [-0.2, -0.15) is 0 Å². The van der Waals surface area contributed by atoms with Gasteiger partial charge in [0.15, 0.2) is 0 Å². The molecule has 144 valence electrons. The van der Waals surface area contributed by atoms with Gasteiger partial charge in [-0.3, -0.25) is 19.7 Å². The largest absolute Gasteiger partial charge is 0.380 e. The van der Waals surface area contributed by atoms with Gasteiger partial charge < -0.3 is 15.5 Å². The number of anilines is 2. The average molecular weight is 379 g/mol. The van der Waals surface area contributed by atoms with Crippen molar-refractivity contribution in [1.82, 2.24) is 15.2 Å². The summed E-state index contributed by atoms with van der Waals surface area (Å²) in [6, 6.07) is 8.83. The van der Waals surface area contributed by atoms with E-state index in [-0.39, 0.29) is 18.2 Å². The van der Waals surface area contributed by atoms with Gasteiger partial charge in [0.1, 0.15) is 11.9 Å². The summed E-state index contributed by atoms with van der Waals surface area (Å²) in [4.78, 5) is 42.3. The number of hydrogen-bond donors (Lipinski definition) is 3. The van der Waals surface area contributed by atoms with Crippen molar-refractivity contribution in [3.8, 4) is 0 Å². The number of rotatable bonds is 5. The highest BCUT2D eigenvalue weighted by molar-refractivity contribution is 6.05. The van der Waals surface area contributed by atoms with Crippen LogP contribution in [0.5, 0.6) is 0 Å². The van der Waals surface area contributed by atoms with Crippen LogP contribution in [-0.2, 0) is 22.7 Å². The lowest BCUT2D eigenvalue weighted by molar-refractivity contribution is -0.136. The molecule has 3 N–H and O–H groups in total. The molecule has 28 heavy (non-hydrogen) atoms. The minimum Gasteiger partial charge on any atom is -0.380 e. The monoisotopic (exact) mass is 379 g/mol. The highest BCUT2D eigenvalue weighted by Crippen LogP contribution is 2.30. The van der Waals surface area contributed by atoms with E-state index in [1.807, 2.05) is 31.3 Å². The van der Waals surface area contributed by atoms with Crippen LogP contribution in [0.15, 0.2) is 36.5 Å². The third kappa shape index (κ3) is 3.28. The molecule has 1 aromatic carbocycles. The van der Waals surface area contributed by atoms with Crippen molar-refractivity contribution in [3.05, 3.63) is 53.2 Å². The first-order chi connectivity index (χ1) is 13.6. The molecule has 4 rings (SSSR count). The van der Waals surface area contributed by atoms with Crippen LogP contribution in [0.25, 0.3) is 0 Å². The molecule has 3 heterocycles. The van der Waals surface area contributed by atoms with Crippen molar-refractivity contribution in [2.24, 2.45) is 0 Å². The molecule has 8 heteroatoms. The summed E-state index contributed by atoms with van der Waals surface area (Å²) in [7, 11) is 1.81. The second kappa shape index (κ2) is 7.30. The Morgan fingerprint density at radius 2 is 2.07 bits per heavy atom. The van der Waals surface area contributed by atoms with Gasteiger partial charge in [-0.1, -0.05) is 12.1 Å². The predicted octanol–water partition coefficient (Wildman–Crippen LogP) is 1.50. The lowest BCUT2D eigenvalue weighted by Gasteiger charge is -2.29. The number of pyridine rings is 1. The van der Waals surface area contributed by atoms with E-state index in [9.17, 15) is 14.4 Å². The van der Waals surface area contributed by atoms with Crippen molar-refractivity contribution < 1.29 is 14.4 Å². The van der Waals surface area contributed by atoms with Crippen LogP contribution in [0.1, 0.15) is 34.3 Å². The summed E-state index contributed by atoms with van der Waals surface area (Å²) in [6.07, 6.45) is 2.36. The molecule has 0 radical (unpaired) electrons. The first-order valence-corrected chi connectivity index (χ1v) is 9.20. The first kappa shape index (κ1) is 18.0. The number of carbonyl (C=O) groups excluding carboxylic acids is 3. The number of nitrogens with zero attached hydrogens (tertiary/aromatic N) is 2. The topological polar surface area (TPSA) is 103 Å². The number of nitrogens with one attached hydrogen (secondary N) is 3. The molecule has 1 aromatic heterocycles. The zero-order valence-corrected chi connectivity index (χ0v) is 15.5. The van der Waals surface area contributed by atoms with Crippen LogP contribution >= 0.6 is 0 Å². The maximum atomic E-state index is 12.8. The van der Waals surface area contributed by atoms with Crippen LogP contribution in [0.4, 0.5) is 11.5 Å². The third-order valence-corrected chi connectivity index (χ3v) is 5.18. The van der Waals surface area contributed by atoms with Crippen LogP contribution < -0.4 is 16.0 Å². The van der Waals surface area contributed by atoms with E-state index < -0.39 is 11.9 Å². The van der Waals surface area contributed by atoms with Crippen LogP contribution in [0.3, 0.4) is 0 Å². The zero-order chi connectivity index (χ0) is 19.7. The van der Waals surface area contributed by atoms with Crippen LogP contribution in [-0.4, -0.2) is 40.7 Å². The van der Waals surface area contributed by atoms with E-state index in [2.05, 4.69) is 20.9 Å². The Morgan fingerprint density at radius 1 is 1.21 bits per heavy atom. The maximum Gasteiger partial charge on any atom is 0.255 e. The number of carbonyl (C=O) groups is 3. The predicted molar refractivity (Wildman–Crippen MR) is 104 cm³/mol. The third-order valence-electron chi connectivity index (χ3n) is 5.18. The molecule has 0 spiro atoms. The number of aromatic nitrogens is 1. The fourth-order valence-corrected chi connectivity index (χ4v) is 3.66. The van der Waals surface area contributed by atoms with Gasteiger partial charge >= 0.3 is 0 Å². The van der Waals surface area contributed by atoms with Gasteiger partial charge in [0.25, 0.3) is 5.91 Å². The van der Waals surface area contributed by atoms with Crippen molar-refractivity contribution in [2.75, 3.05) is 17.7 Å². The SMILES string of the molecule is CNc1ccc(NCc2cccc3c2CN(C2CCC(=O)NC2=O)C3=O)cn1. The zero-order valence-electron chi connectivity index (χ0n) is 15.5. The Bertz CT molecular complexity index is 941. The lowest BCUT2D eigenvalue weighted by Crippen LogP contribution is -2.52. The van der Waals surface area contributed by atoms with Gasteiger partial charge in [-0.25, -0.2) is 4.98 Å². The average Bonchev–Trinajstić information content (AvgIpc) is 3.04. The molecule has 3 amide bonds. The summed E-state index contributed by atoms with van der Waals surface area (Å²) >= 11 is 0. The van der Waals surface area contributed by atoms with Crippen molar-refractivity contribution in [1.29, 1.82) is 0 Å². The highest BCUT2D eigenvalue weighted by atomic mass is 16.2. The molecule has 1 atom stereocenters. The van der Waals surface area contributed by atoms with Gasteiger partial charge in [0.2, 0.25) is 11.8 Å². The fraction of sp³-hybridized carbons (Fsp3) is 0.300. The molecule has 1 unspecified atom stereocenters. The van der Waals surface area contributed by atoms with Gasteiger partial charge in [-0.05, 0) is 35.7 Å². The van der Waals surface area contributed by atoms with Crippen LogP contribution in [0.2, 0.25) is 0 Å². The van der Waals surface area contributed by atoms with Crippen molar-refractivity contribution >= 4 is 29.2 Å². The fourth-order valence-electron chi connectivity index (χ4n) is 3.66. The molecule has 1 fully saturated rings. The normalized spacial score (nSPS) is 18.7. The quantitative estimate of drug-likeness (QED) is 0.680. The van der Waals surface area contributed by atoms with E-state index in [4.69, 9.17) is 0 Å². The number of benzene rings is 1. The van der Waals surface area contributed by atoms with Crippen LogP contribution in [0, 0.1) is 0 Å². The Kier molecular flexibility index (Phi) is 4.68. The first-order valence-electron chi connectivity index (χ1n) is 9.20. The second-order valence-corrected chi connectivity index (χ2v) is 6.88. The smallest absolute Gasteiger partial charge is 0.255 e. The minimum absolute atomic E-state index is 0.161. The second-order valence-electron chi connectivity index (χ2n) is 6.88. The number of piperidine rings is 1. The number of amides is 3. The Morgan fingerprint density at radius 3 is 2.79 bits per heavy atom. The van der Waals surface area contributed by atoms with Crippen molar-refractivity contribution in [3.63, 3.8) is 0 Å². The van der Waals surface area contributed by atoms with E-state index in [0.29, 0.717) is 25.1 Å². The van der Waals surface area contributed by atoms with Gasteiger partial charge in [0, 0.05) is 32.1 Å². The van der Waals surface area contributed by atoms with E-state index >= 15 is 0 Å². The number of imide groups is 1. The molecular weight excluding hydrogens is 358 g/mol. The molecule has 0 saturated carbocycles. The van der Waals surface area contributed by atoms with E-state index in [0.717, 1.165) is 22.6 Å². The molecule has 0 aliphatic carbocycles. The lowest BCUT2D eigenvalue weighted by atomic mass is 10.0. The Hall–Kier alpha value is -3.42. The summed E-state index contributed by atoms with van der Waals surface area (Å²) in [5.41, 5.74) is 3.42. The molecular formula is C20H21N5O3. The van der Waals surface area contributed by atoms with E-state index in [1.54, 1.807) is 17.2 Å². The molecule has 2 aliphatic heterocycles. The summed E-state index contributed by atoms with van der Waals surface area (Å²) in [5.74, 6) is -0.0519. The Labute approximate surface area is 162 Å². The maximum absolute atomic E-state index is 12.8. The summed E-state index contributed by atoms with van der Waals surface area (Å²) < 4.78 is 0. The summed E-state index contributed by atoms with van der Waals surface area (Å²) in [5, 5.41) is 8.62. The minimum atomic E-state index is -0.600. The number of fused-ring (bicyclic) bond motifs is 1. The molecule has 2 aliphatic rings. The van der Waals surface area contributed by atoms with Gasteiger partial charge in [0.05, 0.1) is 11.9 Å². The molecule has 1 saturated heterocycles.